The van der Waals surface area contributed by atoms with Crippen molar-refractivity contribution in [1.29, 1.82) is 0 Å². The number of benzene rings is 8. The first-order valence-corrected chi connectivity index (χ1v) is 18.6. The molecular weight excluding hydrogens is 655 g/mol. The highest BCUT2D eigenvalue weighted by Crippen LogP contribution is 2.63. The molecule has 0 radical (unpaired) electrons. The molecule has 10 aromatic rings. The van der Waals surface area contributed by atoms with Crippen LogP contribution in [0.4, 0.5) is 0 Å². The minimum Gasteiger partial charge on any atom is -0.294 e. The Morgan fingerprint density at radius 3 is 1.83 bits per heavy atom. The number of aromatic nitrogens is 3. The van der Waals surface area contributed by atoms with Crippen LogP contribution < -0.4 is 0 Å². The summed E-state index contributed by atoms with van der Waals surface area (Å²) in [6, 6.07) is 68.1. The Hall–Kier alpha value is -7.10. The fourth-order valence-electron chi connectivity index (χ4n) is 9.62. The second kappa shape index (κ2) is 11.0. The molecule has 2 aliphatic carbocycles. The summed E-state index contributed by atoms with van der Waals surface area (Å²) in [6.07, 6.45) is 0. The predicted octanol–water partition coefficient (Wildman–Crippen LogP) is 12.4. The van der Waals surface area contributed by atoms with Crippen LogP contribution in [0.3, 0.4) is 0 Å². The number of rotatable bonds is 5. The van der Waals surface area contributed by atoms with Crippen molar-refractivity contribution in [3.63, 3.8) is 0 Å². The summed E-state index contributed by atoms with van der Waals surface area (Å²) in [6.45, 7) is 0. The minimum atomic E-state index is -0.452. The van der Waals surface area contributed by atoms with Gasteiger partial charge in [0.1, 0.15) is 5.82 Å². The zero-order valence-corrected chi connectivity index (χ0v) is 29.2. The van der Waals surface area contributed by atoms with Crippen LogP contribution in [0.2, 0.25) is 0 Å². The maximum Gasteiger partial charge on any atom is 0.162 e. The number of hydrogen-bond acceptors (Lipinski definition) is 2. The van der Waals surface area contributed by atoms with Crippen LogP contribution in [-0.4, -0.2) is 14.5 Å². The van der Waals surface area contributed by atoms with Crippen molar-refractivity contribution in [2.24, 2.45) is 0 Å². The van der Waals surface area contributed by atoms with Gasteiger partial charge in [-0.15, -0.1) is 0 Å². The van der Waals surface area contributed by atoms with Gasteiger partial charge in [0.15, 0.2) is 5.82 Å². The van der Waals surface area contributed by atoms with Crippen LogP contribution in [0.5, 0.6) is 0 Å². The molecule has 2 aromatic heterocycles. The number of fused-ring (bicyclic) bond motifs is 4. The van der Waals surface area contributed by atoms with E-state index in [1.807, 2.05) is 6.07 Å². The smallest absolute Gasteiger partial charge is 0.162 e. The third-order valence-electron chi connectivity index (χ3n) is 11.8. The fourth-order valence-corrected chi connectivity index (χ4v) is 9.62. The van der Waals surface area contributed by atoms with Gasteiger partial charge in [0.25, 0.3) is 0 Å². The second-order valence-electron chi connectivity index (χ2n) is 14.5. The highest BCUT2D eigenvalue weighted by molar-refractivity contribution is 6.27. The molecule has 3 heteroatoms. The van der Waals surface area contributed by atoms with Crippen LogP contribution in [0, 0.1) is 0 Å². The van der Waals surface area contributed by atoms with Gasteiger partial charge in [-0.25, -0.2) is 9.97 Å². The molecule has 0 aliphatic heterocycles. The highest BCUT2D eigenvalue weighted by Gasteiger charge is 2.50. The summed E-state index contributed by atoms with van der Waals surface area (Å²) in [5.41, 5.74) is 15.1. The minimum absolute atomic E-state index is 0.452. The first kappa shape index (κ1) is 29.5. The maximum atomic E-state index is 5.39. The molecule has 0 N–H and O–H groups in total. The average molecular weight is 686 g/mol. The molecule has 0 saturated heterocycles. The average Bonchev–Trinajstić information content (AvgIpc) is 3.76. The molecule has 250 valence electrons. The first-order valence-electron chi connectivity index (χ1n) is 18.6. The molecule has 0 amide bonds. The fraction of sp³-hybridized carbons (Fsp3) is 0.0196. The van der Waals surface area contributed by atoms with Crippen molar-refractivity contribution in [3.8, 4) is 50.7 Å². The zero-order valence-electron chi connectivity index (χ0n) is 29.2. The van der Waals surface area contributed by atoms with Gasteiger partial charge in [-0.2, -0.15) is 0 Å². The van der Waals surface area contributed by atoms with Crippen LogP contribution in [0.15, 0.2) is 188 Å². The molecular formula is C51H31N3. The van der Waals surface area contributed by atoms with Crippen molar-refractivity contribution in [2.45, 2.75) is 5.41 Å². The van der Waals surface area contributed by atoms with E-state index >= 15 is 0 Å². The molecule has 0 fully saturated rings. The van der Waals surface area contributed by atoms with E-state index in [4.69, 9.17) is 9.97 Å². The van der Waals surface area contributed by atoms with E-state index < -0.39 is 5.41 Å². The Morgan fingerprint density at radius 2 is 1.04 bits per heavy atom. The molecule has 0 spiro atoms. The summed E-state index contributed by atoms with van der Waals surface area (Å²) < 4.78 is 2.39. The van der Waals surface area contributed by atoms with Gasteiger partial charge < -0.3 is 0 Å². The third-order valence-corrected chi connectivity index (χ3v) is 11.8. The van der Waals surface area contributed by atoms with Gasteiger partial charge >= 0.3 is 0 Å². The van der Waals surface area contributed by atoms with E-state index in [2.05, 4.69) is 187 Å². The van der Waals surface area contributed by atoms with E-state index in [-0.39, 0.29) is 0 Å². The third kappa shape index (κ3) is 3.85. The summed E-state index contributed by atoms with van der Waals surface area (Å²) in [7, 11) is 0. The number of nitrogens with zero attached hydrogens (tertiary/aromatic N) is 3. The largest absolute Gasteiger partial charge is 0.294 e. The molecule has 3 nitrogen and oxygen atoms in total. The van der Waals surface area contributed by atoms with Gasteiger partial charge in [0.2, 0.25) is 0 Å². The lowest BCUT2D eigenvalue weighted by Gasteiger charge is -2.37. The highest BCUT2D eigenvalue weighted by atomic mass is 15.1. The van der Waals surface area contributed by atoms with Gasteiger partial charge in [0, 0.05) is 28.0 Å². The van der Waals surface area contributed by atoms with Crippen molar-refractivity contribution in [3.05, 3.63) is 210 Å². The van der Waals surface area contributed by atoms with Crippen LogP contribution in [0.25, 0.3) is 83.3 Å². The van der Waals surface area contributed by atoms with E-state index in [0.717, 1.165) is 33.7 Å². The van der Waals surface area contributed by atoms with Crippen molar-refractivity contribution < 1.29 is 0 Å². The van der Waals surface area contributed by atoms with Crippen molar-refractivity contribution in [2.75, 3.05) is 0 Å². The van der Waals surface area contributed by atoms with Gasteiger partial charge in [-0.1, -0.05) is 170 Å². The van der Waals surface area contributed by atoms with Gasteiger partial charge in [-0.3, -0.25) is 4.57 Å². The van der Waals surface area contributed by atoms with Crippen molar-refractivity contribution >= 4 is 32.6 Å². The quantitative estimate of drug-likeness (QED) is 0.181. The Morgan fingerprint density at radius 1 is 0.407 bits per heavy atom. The SMILES string of the molecule is c1ccc(-c2ccc(-c3cc(-n4c5ccc6c7c5c5c8c(cccc8ccc54)C7(c4ccccc4)c4ccccc4-6)nc(-c4ccccc4)n3)cc2)cc1. The molecule has 1 unspecified atom stereocenters. The number of hydrogen-bond donors (Lipinski definition) is 0. The molecule has 2 heterocycles. The van der Waals surface area contributed by atoms with E-state index in [1.165, 1.54) is 66.1 Å². The lowest BCUT2D eigenvalue weighted by molar-refractivity contribution is 0.782. The lowest BCUT2D eigenvalue weighted by atomic mass is 9.63. The maximum absolute atomic E-state index is 5.39. The molecule has 0 saturated carbocycles. The molecule has 1 atom stereocenters. The molecule has 12 rings (SSSR count). The van der Waals surface area contributed by atoms with Crippen LogP contribution >= 0.6 is 0 Å². The Balaban J connectivity index is 1.18. The Labute approximate surface area is 312 Å². The van der Waals surface area contributed by atoms with Gasteiger partial charge in [0.05, 0.1) is 22.1 Å². The van der Waals surface area contributed by atoms with E-state index in [0.29, 0.717) is 5.82 Å². The summed E-state index contributed by atoms with van der Waals surface area (Å²) in [4.78, 5) is 10.6. The molecule has 2 aliphatic rings. The standard InChI is InChI=1S/C51H31N3/c1-4-13-32(14-5-1)33-23-25-34(26-24-33)42-31-45(53-50(52-42)36-15-6-2-7-16-36)54-43-29-27-35-17-12-22-41-46(35)47(43)48-44(54)30-28-39-38-20-10-11-21-40(38)51(41,49(39)48)37-18-8-3-9-19-37/h1-31H. The molecule has 54 heavy (non-hydrogen) atoms. The Kier molecular flexibility index (Phi) is 5.98. The lowest BCUT2D eigenvalue weighted by Crippen LogP contribution is -2.30. The van der Waals surface area contributed by atoms with Crippen LogP contribution in [-0.2, 0) is 5.41 Å². The molecule has 8 aromatic carbocycles. The van der Waals surface area contributed by atoms with Crippen molar-refractivity contribution in [1.82, 2.24) is 14.5 Å². The normalized spacial score (nSPS) is 15.1. The summed E-state index contributed by atoms with van der Waals surface area (Å²) >= 11 is 0. The van der Waals surface area contributed by atoms with E-state index in [9.17, 15) is 0 Å². The second-order valence-corrected chi connectivity index (χ2v) is 14.5. The van der Waals surface area contributed by atoms with Gasteiger partial charge in [-0.05, 0) is 67.4 Å². The monoisotopic (exact) mass is 685 g/mol. The topological polar surface area (TPSA) is 30.7 Å². The zero-order chi connectivity index (χ0) is 35.4. The predicted molar refractivity (Wildman–Crippen MR) is 221 cm³/mol. The summed E-state index contributed by atoms with van der Waals surface area (Å²) in [5, 5.41) is 5.17. The van der Waals surface area contributed by atoms with E-state index in [1.54, 1.807) is 0 Å². The van der Waals surface area contributed by atoms with Crippen LogP contribution in [0.1, 0.15) is 22.3 Å². The Bertz CT molecular complexity index is 3130. The summed E-state index contributed by atoms with van der Waals surface area (Å²) in [5.74, 6) is 1.55. The first-order chi connectivity index (χ1) is 26.8. The molecule has 0 bridgehead atoms.